The number of halogens is 1. The van der Waals surface area contributed by atoms with Gasteiger partial charge in [-0.15, -0.1) is 24.0 Å². The van der Waals surface area contributed by atoms with Gasteiger partial charge in [-0.05, 0) is 49.1 Å². The van der Waals surface area contributed by atoms with Gasteiger partial charge in [0.15, 0.2) is 5.96 Å². The minimum atomic E-state index is 0. The maximum absolute atomic E-state index is 6.00. The third-order valence-corrected chi connectivity index (χ3v) is 5.39. The number of likely N-dealkylation sites (tertiary alicyclic amines) is 1. The van der Waals surface area contributed by atoms with Gasteiger partial charge in [-0.25, -0.2) is 4.99 Å². The third-order valence-electron chi connectivity index (χ3n) is 5.39. The van der Waals surface area contributed by atoms with Crippen molar-refractivity contribution in [3.63, 3.8) is 0 Å². The summed E-state index contributed by atoms with van der Waals surface area (Å²) in [7, 11) is 3.41. The summed E-state index contributed by atoms with van der Waals surface area (Å²) in [6.07, 6.45) is 5.82. The van der Waals surface area contributed by atoms with Crippen molar-refractivity contribution in [2.24, 2.45) is 4.99 Å². The molecule has 8 heteroatoms. The fraction of sp³-hybridized carbons (Fsp3) is 0.542. The molecular weight excluding hydrogens is 521 g/mol. The van der Waals surface area contributed by atoms with Crippen molar-refractivity contribution < 1.29 is 18.6 Å². The van der Waals surface area contributed by atoms with Crippen LogP contribution in [-0.2, 0) is 22.4 Å². The van der Waals surface area contributed by atoms with Crippen LogP contribution in [-0.4, -0.2) is 64.0 Å². The normalized spacial score (nSPS) is 14.8. The van der Waals surface area contributed by atoms with Crippen LogP contribution < -0.4 is 10.1 Å². The molecule has 1 aromatic carbocycles. The molecule has 1 fully saturated rings. The monoisotopic (exact) mass is 557 g/mol. The second-order valence-electron chi connectivity index (χ2n) is 7.65. The molecule has 0 amide bonds. The minimum absolute atomic E-state index is 0. The molecule has 0 unspecified atom stereocenters. The molecule has 0 aliphatic carbocycles. The van der Waals surface area contributed by atoms with Gasteiger partial charge in [0.25, 0.3) is 0 Å². The SMILES string of the molecule is COCCCOC1CCN(C(=NCc2ccc(OC)cc2)NCCc2ccco2)CC1.I. The predicted octanol–water partition coefficient (Wildman–Crippen LogP) is 4.11. The standard InChI is InChI=1S/C24H35N3O4.HI/c1-28-16-4-18-31-23-11-14-27(15-12-23)24(25-13-10-22-5-3-17-30-22)26-19-20-6-8-21(29-2)9-7-20;/h3,5-9,17,23H,4,10-16,18-19H2,1-2H3,(H,25,26);1H. The number of furan rings is 1. The Kier molecular flexibility index (Phi) is 12.5. The molecule has 0 atom stereocenters. The number of ether oxygens (including phenoxy) is 3. The fourth-order valence-electron chi connectivity index (χ4n) is 3.60. The van der Waals surface area contributed by atoms with Crippen LogP contribution in [0.1, 0.15) is 30.6 Å². The Bertz CT molecular complexity index is 760. The van der Waals surface area contributed by atoms with E-state index in [0.29, 0.717) is 12.6 Å². The van der Waals surface area contributed by atoms with Crippen molar-refractivity contribution in [2.45, 2.75) is 38.3 Å². The van der Waals surface area contributed by atoms with E-state index in [-0.39, 0.29) is 24.0 Å². The molecule has 2 heterocycles. The van der Waals surface area contributed by atoms with Gasteiger partial charge in [-0.3, -0.25) is 0 Å². The Balaban J connectivity index is 0.00000363. The summed E-state index contributed by atoms with van der Waals surface area (Å²) in [5.74, 6) is 2.78. The summed E-state index contributed by atoms with van der Waals surface area (Å²) in [6, 6.07) is 12.0. The topological polar surface area (TPSA) is 68.5 Å². The second kappa shape index (κ2) is 15.1. The summed E-state index contributed by atoms with van der Waals surface area (Å²) >= 11 is 0. The first-order valence-corrected chi connectivity index (χ1v) is 11.1. The number of aliphatic imine (C=N–C) groups is 1. The largest absolute Gasteiger partial charge is 0.497 e. The quantitative estimate of drug-likeness (QED) is 0.194. The van der Waals surface area contributed by atoms with Crippen LogP contribution in [0.25, 0.3) is 0 Å². The molecule has 1 aliphatic heterocycles. The van der Waals surface area contributed by atoms with Crippen molar-refractivity contribution in [3.05, 3.63) is 54.0 Å². The zero-order valence-electron chi connectivity index (χ0n) is 19.1. The highest BCUT2D eigenvalue weighted by Gasteiger charge is 2.22. The summed E-state index contributed by atoms with van der Waals surface area (Å²) < 4.78 is 21.8. The van der Waals surface area contributed by atoms with E-state index in [2.05, 4.69) is 22.3 Å². The molecule has 1 aliphatic rings. The smallest absolute Gasteiger partial charge is 0.194 e. The van der Waals surface area contributed by atoms with E-state index in [1.54, 1.807) is 20.5 Å². The number of rotatable bonds is 11. The second-order valence-corrected chi connectivity index (χ2v) is 7.65. The molecule has 7 nitrogen and oxygen atoms in total. The number of nitrogens with zero attached hydrogens (tertiary/aromatic N) is 2. The third kappa shape index (κ3) is 8.99. The summed E-state index contributed by atoms with van der Waals surface area (Å²) in [6.45, 7) is 4.79. The van der Waals surface area contributed by atoms with Gasteiger partial charge in [0.2, 0.25) is 0 Å². The van der Waals surface area contributed by atoms with Crippen molar-refractivity contribution in [3.8, 4) is 5.75 Å². The molecule has 0 spiro atoms. The lowest BCUT2D eigenvalue weighted by molar-refractivity contribution is 0.00989. The average Bonchev–Trinajstić information content (AvgIpc) is 3.33. The molecular formula is C24H36IN3O4. The van der Waals surface area contributed by atoms with E-state index in [4.69, 9.17) is 23.6 Å². The minimum Gasteiger partial charge on any atom is -0.497 e. The summed E-state index contributed by atoms with van der Waals surface area (Å²) in [5, 5.41) is 3.53. The van der Waals surface area contributed by atoms with Crippen LogP contribution >= 0.6 is 24.0 Å². The highest BCUT2D eigenvalue weighted by molar-refractivity contribution is 14.0. The molecule has 32 heavy (non-hydrogen) atoms. The lowest BCUT2D eigenvalue weighted by Gasteiger charge is -2.34. The van der Waals surface area contributed by atoms with Crippen LogP contribution in [0.15, 0.2) is 52.1 Å². The van der Waals surface area contributed by atoms with Gasteiger partial charge in [0.1, 0.15) is 11.5 Å². The maximum Gasteiger partial charge on any atom is 0.194 e. The first-order chi connectivity index (χ1) is 15.3. The van der Waals surface area contributed by atoms with Gasteiger partial charge in [0, 0.05) is 46.4 Å². The Morgan fingerprint density at radius 3 is 2.56 bits per heavy atom. The zero-order chi connectivity index (χ0) is 21.7. The number of piperidine rings is 1. The van der Waals surface area contributed by atoms with Crippen LogP contribution in [0.2, 0.25) is 0 Å². The summed E-state index contributed by atoms with van der Waals surface area (Å²) in [4.78, 5) is 7.24. The number of hydrogen-bond acceptors (Lipinski definition) is 5. The number of methoxy groups -OCH3 is 2. The number of benzene rings is 1. The van der Waals surface area contributed by atoms with Gasteiger partial charge in [-0.2, -0.15) is 0 Å². The van der Waals surface area contributed by atoms with Crippen LogP contribution in [0.5, 0.6) is 5.75 Å². The molecule has 0 bridgehead atoms. The number of guanidine groups is 1. The zero-order valence-corrected chi connectivity index (χ0v) is 21.5. The lowest BCUT2D eigenvalue weighted by Crippen LogP contribution is -2.47. The summed E-state index contributed by atoms with van der Waals surface area (Å²) in [5.41, 5.74) is 1.16. The maximum atomic E-state index is 6.00. The Labute approximate surface area is 208 Å². The van der Waals surface area contributed by atoms with E-state index in [0.717, 1.165) is 81.6 Å². The van der Waals surface area contributed by atoms with Gasteiger partial charge in [-0.1, -0.05) is 12.1 Å². The predicted molar refractivity (Wildman–Crippen MR) is 137 cm³/mol. The Morgan fingerprint density at radius 1 is 1.12 bits per heavy atom. The van der Waals surface area contributed by atoms with Gasteiger partial charge < -0.3 is 28.8 Å². The molecule has 0 saturated carbocycles. The fourth-order valence-corrected chi connectivity index (χ4v) is 3.60. The Morgan fingerprint density at radius 2 is 1.91 bits per heavy atom. The number of hydrogen-bond donors (Lipinski definition) is 1. The van der Waals surface area contributed by atoms with Crippen molar-refractivity contribution in [1.82, 2.24) is 10.2 Å². The van der Waals surface area contributed by atoms with Crippen LogP contribution in [0, 0.1) is 0 Å². The molecule has 3 rings (SSSR count). The van der Waals surface area contributed by atoms with Gasteiger partial charge in [0.05, 0.1) is 26.0 Å². The molecule has 0 radical (unpaired) electrons. The lowest BCUT2D eigenvalue weighted by atomic mass is 10.1. The number of nitrogens with one attached hydrogen (secondary N) is 1. The van der Waals surface area contributed by atoms with E-state index >= 15 is 0 Å². The van der Waals surface area contributed by atoms with Crippen molar-refractivity contribution >= 4 is 29.9 Å². The van der Waals surface area contributed by atoms with Gasteiger partial charge >= 0.3 is 0 Å². The Hall–Kier alpha value is -1.78. The molecule has 1 saturated heterocycles. The molecule has 178 valence electrons. The van der Waals surface area contributed by atoms with E-state index in [1.807, 2.05) is 24.3 Å². The molecule has 2 aromatic rings. The average molecular weight is 557 g/mol. The highest BCUT2D eigenvalue weighted by Crippen LogP contribution is 2.16. The highest BCUT2D eigenvalue weighted by atomic mass is 127. The van der Waals surface area contributed by atoms with Crippen molar-refractivity contribution in [2.75, 3.05) is 47.1 Å². The van der Waals surface area contributed by atoms with E-state index in [9.17, 15) is 0 Å². The first-order valence-electron chi connectivity index (χ1n) is 11.1. The molecule has 1 N–H and O–H groups in total. The van der Waals surface area contributed by atoms with E-state index in [1.165, 1.54) is 0 Å². The van der Waals surface area contributed by atoms with Crippen LogP contribution in [0.3, 0.4) is 0 Å². The van der Waals surface area contributed by atoms with E-state index < -0.39 is 0 Å². The first kappa shape index (κ1) is 26.5. The van der Waals surface area contributed by atoms with Crippen LogP contribution in [0.4, 0.5) is 0 Å². The molecule has 1 aromatic heterocycles. The van der Waals surface area contributed by atoms with Crippen molar-refractivity contribution in [1.29, 1.82) is 0 Å².